The van der Waals surface area contributed by atoms with Crippen LogP contribution in [0.5, 0.6) is 0 Å². The summed E-state index contributed by atoms with van der Waals surface area (Å²) in [6.07, 6.45) is 10.3. The molecule has 0 aromatic rings. The summed E-state index contributed by atoms with van der Waals surface area (Å²) in [6.45, 7) is 4.27. The molecular formula is C16H34O4S. The second-order valence-corrected chi connectivity index (χ2v) is 7.66. The van der Waals surface area contributed by atoms with Crippen molar-refractivity contribution in [1.82, 2.24) is 0 Å². The van der Waals surface area contributed by atoms with E-state index in [-0.39, 0.29) is 0 Å². The highest BCUT2D eigenvalue weighted by molar-refractivity contribution is 7.86. The predicted octanol–water partition coefficient (Wildman–Crippen LogP) is 4.32. The maximum atomic E-state index is 11.4. The van der Waals surface area contributed by atoms with Crippen LogP contribution in [0.4, 0.5) is 0 Å². The molecular weight excluding hydrogens is 288 g/mol. The van der Waals surface area contributed by atoms with Crippen molar-refractivity contribution in [3.63, 3.8) is 0 Å². The van der Waals surface area contributed by atoms with E-state index in [2.05, 4.69) is 13.8 Å². The molecule has 0 saturated heterocycles. The average Bonchev–Trinajstić information content (AvgIpc) is 2.41. The standard InChI is InChI=1S/C16H34O4S/c1-3-5-7-9-11-13-15(17)16(21(18,19)20)14-12-10-8-6-4-2/h15-17H,3-14H2,1-2H3,(H,18,19,20). The quantitative estimate of drug-likeness (QED) is 0.369. The first-order chi connectivity index (χ1) is 9.93. The molecule has 0 fully saturated rings. The molecule has 0 aliphatic rings. The van der Waals surface area contributed by atoms with E-state index in [0.29, 0.717) is 12.8 Å². The number of aliphatic hydroxyl groups excluding tert-OH is 1. The molecule has 0 bridgehead atoms. The lowest BCUT2D eigenvalue weighted by Gasteiger charge is -2.20. The molecule has 0 aromatic carbocycles. The molecule has 0 heterocycles. The third-order valence-corrected chi connectivity index (χ3v) is 5.32. The van der Waals surface area contributed by atoms with E-state index in [4.69, 9.17) is 0 Å². The van der Waals surface area contributed by atoms with Crippen LogP contribution in [0.25, 0.3) is 0 Å². The van der Waals surface area contributed by atoms with Gasteiger partial charge < -0.3 is 5.11 Å². The van der Waals surface area contributed by atoms with Crippen molar-refractivity contribution in [1.29, 1.82) is 0 Å². The van der Waals surface area contributed by atoms with Crippen LogP contribution in [0, 0.1) is 0 Å². The van der Waals surface area contributed by atoms with Crippen LogP contribution < -0.4 is 0 Å². The SMILES string of the molecule is CCCCCCCC(O)C(CCCCCCC)S(=O)(=O)O. The van der Waals surface area contributed by atoms with Gasteiger partial charge in [0.05, 0.1) is 6.10 Å². The Hall–Kier alpha value is -0.130. The zero-order valence-electron chi connectivity index (χ0n) is 13.8. The first kappa shape index (κ1) is 20.9. The highest BCUT2D eigenvalue weighted by Gasteiger charge is 2.29. The topological polar surface area (TPSA) is 74.6 Å². The summed E-state index contributed by atoms with van der Waals surface area (Å²) in [5, 5.41) is 9.06. The molecule has 0 aromatic heterocycles. The minimum absolute atomic E-state index is 0.360. The van der Waals surface area contributed by atoms with Gasteiger partial charge in [-0.25, -0.2) is 0 Å². The number of hydrogen-bond donors (Lipinski definition) is 2. The summed E-state index contributed by atoms with van der Waals surface area (Å²) in [6, 6.07) is 0. The Bertz CT molecular complexity index is 327. The summed E-state index contributed by atoms with van der Waals surface area (Å²) in [5.74, 6) is 0. The molecule has 0 radical (unpaired) electrons. The van der Waals surface area contributed by atoms with Crippen molar-refractivity contribution in [2.45, 2.75) is 102 Å². The maximum Gasteiger partial charge on any atom is 0.270 e. The third-order valence-electron chi connectivity index (χ3n) is 4.01. The second kappa shape index (κ2) is 12.4. The Morgan fingerprint density at radius 1 is 0.762 bits per heavy atom. The van der Waals surface area contributed by atoms with E-state index >= 15 is 0 Å². The molecule has 0 amide bonds. The highest BCUT2D eigenvalue weighted by Crippen LogP contribution is 2.19. The van der Waals surface area contributed by atoms with Gasteiger partial charge in [0.1, 0.15) is 5.25 Å². The normalized spacial score (nSPS) is 15.0. The highest BCUT2D eigenvalue weighted by atomic mass is 32.2. The van der Waals surface area contributed by atoms with Gasteiger partial charge in [-0.1, -0.05) is 78.1 Å². The number of unbranched alkanes of at least 4 members (excludes halogenated alkanes) is 8. The van der Waals surface area contributed by atoms with Gasteiger partial charge in [0, 0.05) is 0 Å². The molecule has 128 valence electrons. The molecule has 21 heavy (non-hydrogen) atoms. The number of hydrogen-bond acceptors (Lipinski definition) is 3. The van der Waals surface area contributed by atoms with Gasteiger partial charge in [-0.05, 0) is 12.8 Å². The molecule has 2 N–H and O–H groups in total. The van der Waals surface area contributed by atoms with Crippen molar-refractivity contribution >= 4 is 10.1 Å². The van der Waals surface area contributed by atoms with Crippen LogP contribution in [0.3, 0.4) is 0 Å². The Balaban J connectivity index is 4.10. The van der Waals surface area contributed by atoms with Gasteiger partial charge in [0.2, 0.25) is 0 Å². The Labute approximate surface area is 131 Å². The largest absolute Gasteiger partial charge is 0.392 e. The van der Waals surface area contributed by atoms with Crippen molar-refractivity contribution in [2.75, 3.05) is 0 Å². The van der Waals surface area contributed by atoms with Gasteiger partial charge in [0.15, 0.2) is 0 Å². The lowest BCUT2D eigenvalue weighted by atomic mass is 10.0. The van der Waals surface area contributed by atoms with Gasteiger partial charge >= 0.3 is 0 Å². The number of rotatable bonds is 14. The fourth-order valence-corrected chi connectivity index (χ4v) is 3.63. The Morgan fingerprint density at radius 3 is 1.62 bits per heavy atom. The van der Waals surface area contributed by atoms with Crippen LogP contribution in [-0.4, -0.2) is 29.4 Å². The first-order valence-corrected chi connectivity index (χ1v) is 10.1. The molecule has 0 aliphatic carbocycles. The second-order valence-electron chi connectivity index (χ2n) is 6.03. The van der Waals surface area contributed by atoms with Crippen LogP contribution in [0.2, 0.25) is 0 Å². The van der Waals surface area contributed by atoms with Crippen molar-refractivity contribution in [3.8, 4) is 0 Å². The van der Waals surface area contributed by atoms with E-state index in [1.807, 2.05) is 0 Å². The third kappa shape index (κ3) is 11.1. The number of aliphatic hydroxyl groups is 1. The predicted molar refractivity (Wildman–Crippen MR) is 88.1 cm³/mol. The summed E-state index contributed by atoms with van der Waals surface area (Å²) in [5.41, 5.74) is 0. The van der Waals surface area contributed by atoms with E-state index in [1.165, 1.54) is 6.42 Å². The molecule has 0 rings (SSSR count). The minimum Gasteiger partial charge on any atom is -0.392 e. The zero-order chi connectivity index (χ0) is 16.1. The molecule has 2 unspecified atom stereocenters. The van der Waals surface area contributed by atoms with Gasteiger partial charge in [-0.3, -0.25) is 4.55 Å². The maximum absolute atomic E-state index is 11.4. The fourth-order valence-electron chi connectivity index (χ4n) is 2.63. The van der Waals surface area contributed by atoms with Gasteiger partial charge in [-0.2, -0.15) is 8.42 Å². The Morgan fingerprint density at radius 2 is 1.19 bits per heavy atom. The fraction of sp³-hybridized carbons (Fsp3) is 1.00. The minimum atomic E-state index is -4.15. The molecule has 5 heteroatoms. The van der Waals surface area contributed by atoms with Crippen molar-refractivity contribution in [3.05, 3.63) is 0 Å². The average molecular weight is 323 g/mol. The van der Waals surface area contributed by atoms with E-state index < -0.39 is 21.5 Å². The first-order valence-electron chi connectivity index (χ1n) is 8.57. The van der Waals surface area contributed by atoms with Crippen molar-refractivity contribution in [2.24, 2.45) is 0 Å². The Kier molecular flexibility index (Phi) is 12.3. The van der Waals surface area contributed by atoms with Crippen LogP contribution in [-0.2, 0) is 10.1 Å². The smallest absolute Gasteiger partial charge is 0.270 e. The van der Waals surface area contributed by atoms with Gasteiger partial charge in [-0.15, -0.1) is 0 Å². The summed E-state index contributed by atoms with van der Waals surface area (Å²) < 4.78 is 32.2. The van der Waals surface area contributed by atoms with E-state index in [1.54, 1.807) is 0 Å². The molecule has 0 spiro atoms. The molecule has 4 nitrogen and oxygen atoms in total. The van der Waals surface area contributed by atoms with Gasteiger partial charge in [0.25, 0.3) is 10.1 Å². The monoisotopic (exact) mass is 322 g/mol. The van der Waals surface area contributed by atoms with Crippen molar-refractivity contribution < 1.29 is 18.1 Å². The van der Waals surface area contributed by atoms with Crippen LogP contribution >= 0.6 is 0 Å². The lowest BCUT2D eigenvalue weighted by Crippen LogP contribution is -2.33. The molecule has 0 saturated carbocycles. The van der Waals surface area contributed by atoms with E-state index in [9.17, 15) is 18.1 Å². The lowest BCUT2D eigenvalue weighted by molar-refractivity contribution is 0.146. The van der Waals surface area contributed by atoms with Crippen LogP contribution in [0.15, 0.2) is 0 Å². The summed E-state index contributed by atoms with van der Waals surface area (Å²) >= 11 is 0. The summed E-state index contributed by atoms with van der Waals surface area (Å²) in [4.78, 5) is 0. The summed E-state index contributed by atoms with van der Waals surface area (Å²) in [7, 11) is -4.15. The molecule has 0 aliphatic heterocycles. The van der Waals surface area contributed by atoms with E-state index in [0.717, 1.165) is 57.8 Å². The molecule has 2 atom stereocenters. The zero-order valence-corrected chi connectivity index (χ0v) is 14.6. The van der Waals surface area contributed by atoms with Crippen LogP contribution in [0.1, 0.15) is 90.9 Å².